The highest BCUT2D eigenvalue weighted by molar-refractivity contribution is 5.89. The summed E-state index contributed by atoms with van der Waals surface area (Å²) >= 11 is 0. The maximum Gasteiger partial charge on any atom is 0.386 e. The summed E-state index contributed by atoms with van der Waals surface area (Å²) in [5, 5.41) is 8.09. The van der Waals surface area contributed by atoms with Gasteiger partial charge < -0.3 is 0 Å². The molecule has 106 valence electrons. The van der Waals surface area contributed by atoms with Gasteiger partial charge in [-0.15, -0.1) is 0 Å². The van der Waals surface area contributed by atoms with Crippen LogP contribution in [0.25, 0.3) is 0 Å². The van der Waals surface area contributed by atoms with E-state index in [0.29, 0.717) is 5.69 Å². The summed E-state index contributed by atoms with van der Waals surface area (Å²) in [6.45, 7) is 1.14. The van der Waals surface area contributed by atoms with Gasteiger partial charge in [0.15, 0.2) is 0 Å². The lowest BCUT2D eigenvalue weighted by molar-refractivity contribution is -0.231. The third-order valence-electron chi connectivity index (χ3n) is 2.37. The van der Waals surface area contributed by atoms with Crippen molar-refractivity contribution in [3.05, 3.63) is 60.2 Å². The summed E-state index contributed by atoms with van der Waals surface area (Å²) in [6.07, 6.45) is 0. The fourth-order valence-electron chi connectivity index (χ4n) is 1.42. The van der Waals surface area contributed by atoms with Gasteiger partial charge in [-0.3, -0.25) is 0 Å². The summed E-state index contributed by atoms with van der Waals surface area (Å²) in [6, 6.07) is 15.5. The Kier molecular flexibility index (Phi) is 4.76. The Morgan fingerprint density at radius 1 is 0.810 bits per heavy atom. The first kappa shape index (κ1) is 14.4. The molecule has 0 aliphatic heterocycles. The van der Waals surface area contributed by atoms with E-state index in [1.54, 1.807) is 12.1 Å². The Balaban J connectivity index is 2.00. The summed E-state index contributed by atoms with van der Waals surface area (Å²) in [5.41, 5.74) is 1.56. The van der Waals surface area contributed by atoms with Crippen molar-refractivity contribution < 1.29 is 19.4 Å². The summed E-state index contributed by atoms with van der Waals surface area (Å²) in [7, 11) is 0. The van der Waals surface area contributed by atoms with Gasteiger partial charge in [0, 0.05) is 6.92 Å². The standard InChI is InChI=1S/C15H12N2O4/c1-11(18)20-21-15(19)12-7-9-14(10-8-12)17-16-13-5-3-2-4-6-13/h2-10H,1H3. The number of hydrogen-bond acceptors (Lipinski definition) is 6. The van der Waals surface area contributed by atoms with E-state index in [1.165, 1.54) is 12.1 Å². The highest BCUT2D eigenvalue weighted by Gasteiger charge is 2.09. The second-order valence-corrected chi connectivity index (χ2v) is 4.03. The predicted molar refractivity (Wildman–Crippen MR) is 74.2 cm³/mol. The molecule has 0 aliphatic carbocycles. The molecule has 0 radical (unpaired) electrons. The molecule has 0 amide bonds. The molecule has 0 saturated carbocycles. The Morgan fingerprint density at radius 3 is 1.95 bits per heavy atom. The summed E-state index contributed by atoms with van der Waals surface area (Å²) < 4.78 is 0. The zero-order chi connectivity index (χ0) is 15.1. The zero-order valence-electron chi connectivity index (χ0n) is 11.2. The number of carbonyl (C=O) groups excluding carboxylic acids is 2. The lowest BCUT2D eigenvalue weighted by atomic mass is 10.2. The van der Waals surface area contributed by atoms with Gasteiger partial charge in [0.2, 0.25) is 0 Å². The predicted octanol–water partition coefficient (Wildman–Crippen LogP) is 3.74. The van der Waals surface area contributed by atoms with Crippen molar-refractivity contribution in [3.8, 4) is 0 Å². The third kappa shape index (κ3) is 4.54. The van der Waals surface area contributed by atoms with Gasteiger partial charge in [0.25, 0.3) is 0 Å². The van der Waals surface area contributed by atoms with E-state index < -0.39 is 11.9 Å². The van der Waals surface area contributed by atoms with Crippen molar-refractivity contribution in [1.29, 1.82) is 0 Å². The zero-order valence-corrected chi connectivity index (χ0v) is 11.2. The fourth-order valence-corrected chi connectivity index (χ4v) is 1.42. The molecule has 2 rings (SSSR count). The quantitative estimate of drug-likeness (QED) is 0.488. The Labute approximate surface area is 121 Å². The van der Waals surface area contributed by atoms with E-state index in [9.17, 15) is 9.59 Å². The maximum atomic E-state index is 11.5. The van der Waals surface area contributed by atoms with Gasteiger partial charge in [-0.05, 0) is 36.4 Å². The lowest BCUT2D eigenvalue weighted by Crippen LogP contribution is -2.08. The molecule has 0 aromatic heterocycles. The van der Waals surface area contributed by atoms with Crippen LogP contribution in [0.2, 0.25) is 0 Å². The van der Waals surface area contributed by atoms with Crippen LogP contribution in [0.3, 0.4) is 0 Å². The van der Waals surface area contributed by atoms with Crippen molar-refractivity contribution in [2.45, 2.75) is 6.92 Å². The third-order valence-corrected chi connectivity index (χ3v) is 2.37. The molecule has 0 fully saturated rings. The van der Waals surface area contributed by atoms with E-state index in [1.807, 2.05) is 30.3 Å². The van der Waals surface area contributed by atoms with Crippen molar-refractivity contribution in [3.63, 3.8) is 0 Å². The summed E-state index contributed by atoms with van der Waals surface area (Å²) in [5.74, 6) is -1.45. The van der Waals surface area contributed by atoms with Crippen LogP contribution in [0.4, 0.5) is 11.4 Å². The minimum Gasteiger partial charge on any atom is -0.248 e. The van der Waals surface area contributed by atoms with Gasteiger partial charge in [-0.1, -0.05) is 18.2 Å². The molecule has 0 N–H and O–H groups in total. The van der Waals surface area contributed by atoms with Gasteiger partial charge in [0.1, 0.15) is 0 Å². The monoisotopic (exact) mass is 284 g/mol. The normalized spacial score (nSPS) is 10.3. The van der Waals surface area contributed by atoms with Crippen LogP contribution in [0.1, 0.15) is 17.3 Å². The smallest absolute Gasteiger partial charge is 0.248 e. The van der Waals surface area contributed by atoms with E-state index >= 15 is 0 Å². The molecule has 6 nitrogen and oxygen atoms in total. The van der Waals surface area contributed by atoms with Crippen molar-refractivity contribution in [2.24, 2.45) is 10.2 Å². The van der Waals surface area contributed by atoms with Crippen LogP contribution >= 0.6 is 0 Å². The molecule has 2 aromatic carbocycles. The maximum absolute atomic E-state index is 11.5. The van der Waals surface area contributed by atoms with E-state index in [-0.39, 0.29) is 5.56 Å². The molecule has 2 aromatic rings. The first-order chi connectivity index (χ1) is 10.1. The average molecular weight is 284 g/mol. The topological polar surface area (TPSA) is 77.3 Å². The van der Waals surface area contributed by atoms with Crippen LogP contribution in [0.15, 0.2) is 64.8 Å². The highest BCUT2D eigenvalue weighted by atomic mass is 17.2. The van der Waals surface area contributed by atoms with E-state index in [2.05, 4.69) is 20.0 Å². The molecule has 0 aliphatic rings. The van der Waals surface area contributed by atoms with E-state index in [0.717, 1.165) is 12.6 Å². The number of hydrogen-bond donors (Lipinski definition) is 0. The van der Waals surface area contributed by atoms with Crippen LogP contribution in [0.5, 0.6) is 0 Å². The van der Waals surface area contributed by atoms with Gasteiger partial charge >= 0.3 is 11.9 Å². The second-order valence-electron chi connectivity index (χ2n) is 4.03. The lowest BCUT2D eigenvalue weighted by Gasteiger charge is -2.00. The average Bonchev–Trinajstić information content (AvgIpc) is 2.52. The number of azo groups is 1. The largest absolute Gasteiger partial charge is 0.386 e. The van der Waals surface area contributed by atoms with Crippen molar-refractivity contribution in [2.75, 3.05) is 0 Å². The Bertz CT molecular complexity index is 651. The molecule has 0 spiro atoms. The highest BCUT2D eigenvalue weighted by Crippen LogP contribution is 2.18. The molecule has 0 bridgehead atoms. The Morgan fingerprint density at radius 2 is 1.38 bits per heavy atom. The van der Waals surface area contributed by atoms with Gasteiger partial charge in [-0.2, -0.15) is 10.2 Å². The molecule has 0 heterocycles. The van der Waals surface area contributed by atoms with Crippen molar-refractivity contribution in [1.82, 2.24) is 0 Å². The Hall–Kier alpha value is -3.02. The molecule has 0 unspecified atom stereocenters. The van der Waals surface area contributed by atoms with Gasteiger partial charge in [0.05, 0.1) is 16.9 Å². The second kappa shape index (κ2) is 6.95. The molecule has 0 atom stereocenters. The molecular weight excluding hydrogens is 272 g/mol. The van der Waals surface area contributed by atoms with Gasteiger partial charge in [-0.25, -0.2) is 19.4 Å². The SMILES string of the molecule is CC(=O)OOC(=O)c1ccc(N=Nc2ccccc2)cc1. The van der Waals surface area contributed by atoms with Crippen molar-refractivity contribution >= 4 is 23.3 Å². The number of nitrogens with zero attached hydrogens (tertiary/aromatic N) is 2. The molecule has 0 saturated heterocycles. The number of carbonyl (C=O) groups is 2. The fraction of sp³-hybridized carbons (Fsp3) is 0.0667. The number of benzene rings is 2. The van der Waals surface area contributed by atoms with E-state index in [4.69, 9.17) is 0 Å². The minimum atomic E-state index is -0.753. The first-order valence-corrected chi connectivity index (χ1v) is 6.11. The van der Waals surface area contributed by atoms with Crippen LogP contribution < -0.4 is 0 Å². The molecule has 21 heavy (non-hydrogen) atoms. The minimum absolute atomic E-state index is 0.245. The van der Waals surface area contributed by atoms with Crippen LogP contribution in [0, 0.1) is 0 Å². The number of rotatable bonds is 3. The first-order valence-electron chi connectivity index (χ1n) is 6.11. The van der Waals surface area contributed by atoms with Crippen LogP contribution in [-0.4, -0.2) is 11.9 Å². The van der Waals surface area contributed by atoms with Crippen LogP contribution in [-0.2, 0) is 14.6 Å². The molecular formula is C15H12N2O4. The molecule has 6 heteroatoms. The summed E-state index contributed by atoms with van der Waals surface area (Å²) in [4.78, 5) is 30.5.